The van der Waals surface area contributed by atoms with E-state index in [-0.39, 0.29) is 5.54 Å². The van der Waals surface area contributed by atoms with Crippen LogP contribution in [0.2, 0.25) is 0 Å². The molecular weight excluding hydrogens is 212 g/mol. The van der Waals surface area contributed by atoms with E-state index in [9.17, 15) is 0 Å². The topological polar surface area (TPSA) is 49.8 Å². The van der Waals surface area contributed by atoms with Gasteiger partial charge in [-0.3, -0.25) is 0 Å². The lowest BCUT2D eigenvalue weighted by molar-refractivity contribution is 0.492. The minimum Gasteiger partial charge on any atom is -0.370 e. The third kappa shape index (κ3) is 3.08. The van der Waals surface area contributed by atoms with Gasteiger partial charge in [-0.1, -0.05) is 0 Å². The van der Waals surface area contributed by atoms with Crippen molar-refractivity contribution in [1.82, 2.24) is 9.97 Å². The van der Waals surface area contributed by atoms with Crippen molar-refractivity contribution in [3.63, 3.8) is 0 Å². The number of aryl methyl sites for hydroxylation is 1. The molecule has 2 N–H and O–H groups in total. The summed E-state index contributed by atoms with van der Waals surface area (Å²) < 4.78 is 0. The predicted molar refractivity (Wildman–Crippen MR) is 71.4 cm³/mol. The average Bonchev–Trinajstić information content (AvgIpc) is 2.98. The molecule has 0 radical (unpaired) electrons. The van der Waals surface area contributed by atoms with Crippen molar-refractivity contribution in [2.45, 2.75) is 46.1 Å². The Labute approximate surface area is 103 Å². The van der Waals surface area contributed by atoms with Crippen LogP contribution in [0.5, 0.6) is 0 Å². The Morgan fingerprint density at radius 1 is 1.29 bits per heavy atom. The summed E-state index contributed by atoms with van der Waals surface area (Å²) >= 11 is 0. The Hall–Kier alpha value is -1.32. The van der Waals surface area contributed by atoms with Crippen LogP contribution in [-0.4, -0.2) is 22.1 Å². The molecule has 0 bridgehead atoms. The third-order valence-corrected chi connectivity index (χ3v) is 3.24. The standard InChI is InChI=1S/C13H22N4/c1-5-14-11-8-12(16-9(2)15-11)17-13(3,4)10-6-7-10/h8,10H,5-7H2,1-4H3,(H2,14,15,16,17). The Kier molecular flexibility index (Phi) is 3.22. The molecule has 0 aromatic carbocycles. The summed E-state index contributed by atoms with van der Waals surface area (Å²) in [7, 11) is 0. The summed E-state index contributed by atoms with van der Waals surface area (Å²) in [6.45, 7) is 9.36. The van der Waals surface area contributed by atoms with Crippen LogP contribution in [0.1, 0.15) is 39.4 Å². The number of rotatable bonds is 5. The van der Waals surface area contributed by atoms with Gasteiger partial charge < -0.3 is 10.6 Å². The molecule has 1 aliphatic carbocycles. The lowest BCUT2D eigenvalue weighted by Crippen LogP contribution is -2.33. The van der Waals surface area contributed by atoms with Gasteiger partial charge in [0, 0.05) is 18.2 Å². The summed E-state index contributed by atoms with van der Waals surface area (Å²) in [4.78, 5) is 8.80. The van der Waals surface area contributed by atoms with Crippen LogP contribution in [-0.2, 0) is 0 Å². The van der Waals surface area contributed by atoms with E-state index in [0.29, 0.717) is 0 Å². The highest BCUT2D eigenvalue weighted by molar-refractivity contribution is 5.49. The van der Waals surface area contributed by atoms with E-state index >= 15 is 0 Å². The molecule has 0 amide bonds. The molecule has 4 heteroatoms. The maximum absolute atomic E-state index is 4.45. The third-order valence-electron chi connectivity index (χ3n) is 3.24. The van der Waals surface area contributed by atoms with Gasteiger partial charge in [-0.25, -0.2) is 9.97 Å². The molecule has 17 heavy (non-hydrogen) atoms. The molecule has 0 spiro atoms. The SMILES string of the molecule is CCNc1cc(NC(C)(C)C2CC2)nc(C)n1. The smallest absolute Gasteiger partial charge is 0.132 e. The molecule has 1 aromatic rings. The van der Waals surface area contributed by atoms with Crippen LogP contribution in [0.15, 0.2) is 6.07 Å². The first-order chi connectivity index (χ1) is 8.01. The highest BCUT2D eigenvalue weighted by atomic mass is 15.1. The van der Waals surface area contributed by atoms with Gasteiger partial charge in [-0.05, 0) is 46.5 Å². The molecule has 1 aromatic heterocycles. The second-order valence-electron chi connectivity index (χ2n) is 5.34. The van der Waals surface area contributed by atoms with E-state index in [4.69, 9.17) is 0 Å². The highest BCUT2D eigenvalue weighted by Crippen LogP contribution is 2.40. The van der Waals surface area contributed by atoms with E-state index in [1.54, 1.807) is 0 Å². The van der Waals surface area contributed by atoms with Crippen LogP contribution >= 0.6 is 0 Å². The Morgan fingerprint density at radius 2 is 1.94 bits per heavy atom. The zero-order chi connectivity index (χ0) is 12.5. The molecule has 2 rings (SSSR count). The Bertz CT molecular complexity index is 396. The summed E-state index contributed by atoms with van der Waals surface area (Å²) in [5, 5.41) is 6.76. The fraction of sp³-hybridized carbons (Fsp3) is 0.692. The summed E-state index contributed by atoms with van der Waals surface area (Å²) in [5.41, 5.74) is 0.129. The van der Waals surface area contributed by atoms with Gasteiger partial charge in [-0.15, -0.1) is 0 Å². The Balaban J connectivity index is 2.14. The molecule has 0 aliphatic heterocycles. The molecule has 0 unspecified atom stereocenters. The van der Waals surface area contributed by atoms with E-state index in [2.05, 4.69) is 41.4 Å². The predicted octanol–water partition coefficient (Wildman–Crippen LogP) is 2.82. The largest absolute Gasteiger partial charge is 0.370 e. The molecule has 1 saturated carbocycles. The average molecular weight is 234 g/mol. The molecular formula is C13H22N4. The summed E-state index contributed by atoms with van der Waals surface area (Å²) in [5.74, 6) is 3.40. The number of hydrogen-bond acceptors (Lipinski definition) is 4. The van der Waals surface area contributed by atoms with Crippen LogP contribution < -0.4 is 10.6 Å². The molecule has 4 nitrogen and oxygen atoms in total. The van der Waals surface area contributed by atoms with Crippen molar-refractivity contribution < 1.29 is 0 Å². The van der Waals surface area contributed by atoms with Crippen molar-refractivity contribution in [1.29, 1.82) is 0 Å². The molecule has 1 aliphatic rings. The van der Waals surface area contributed by atoms with Crippen LogP contribution in [0.25, 0.3) is 0 Å². The highest BCUT2D eigenvalue weighted by Gasteiger charge is 2.37. The van der Waals surface area contributed by atoms with Crippen LogP contribution in [0.3, 0.4) is 0 Å². The minimum atomic E-state index is 0.129. The van der Waals surface area contributed by atoms with Crippen molar-refractivity contribution >= 4 is 11.6 Å². The van der Waals surface area contributed by atoms with Gasteiger partial charge in [0.25, 0.3) is 0 Å². The first kappa shape index (κ1) is 12.1. The monoisotopic (exact) mass is 234 g/mol. The van der Waals surface area contributed by atoms with Gasteiger partial charge in [0.1, 0.15) is 17.5 Å². The van der Waals surface area contributed by atoms with Gasteiger partial charge in [-0.2, -0.15) is 0 Å². The zero-order valence-electron chi connectivity index (χ0n) is 11.2. The van der Waals surface area contributed by atoms with Gasteiger partial charge in [0.05, 0.1) is 0 Å². The molecule has 1 fully saturated rings. The quantitative estimate of drug-likeness (QED) is 0.822. The van der Waals surface area contributed by atoms with Gasteiger partial charge in [0.2, 0.25) is 0 Å². The van der Waals surface area contributed by atoms with E-state index < -0.39 is 0 Å². The lowest BCUT2D eigenvalue weighted by Gasteiger charge is -2.27. The number of nitrogens with one attached hydrogen (secondary N) is 2. The number of nitrogens with zero attached hydrogens (tertiary/aromatic N) is 2. The zero-order valence-corrected chi connectivity index (χ0v) is 11.2. The Morgan fingerprint density at radius 3 is 2.53 bits per heavy atom. The molecule has 94 valence electrons. The van der Waals surface area contributed by atoms with Crippen molar-refractivity contribution in [3.05, 3.63) is 11.9 Å². The first-order valence-electron chi connectivity index (χ1n) is 6.39. The van der Waals surface area contributed by atoms with Crippen molar-refractivity contribution in [2.75, 3.05) is 17.2 Å². The van der Waals surface area contributed by atoms with Gasteiger partial charge in [0.15, 0.2) is 0 Å². The van der Waals surface area contributed by atoms with Crippen LogP contribution in [0, 0.1) is 12.8 Å². The van der Waals surface area contributed by atoms with E-state index in [0.717, 1.165) is 29.9 Å². The fourth-order valence-corrected chi connectivity index (χ4v) is 2.14. The van der Waals surface area contributed by atoms with Crippen molar-refractivity contribution in [2.24, 2.45) is 5.92 Å². The van der Waals surface area contributed by atoms with E-state index in [1.807, 2.05) is 13.0 Å². The molecule has 1 heterocycles. The maximum Gasteiger partial charge on any atom is 0.132 e. The number of hydrogen-bond donors (Lipinski definition) is 2. The fourth-order valence-electron chi connectivity index (χ4n) is 2.14. The first-order valence-corrected chi connectivity index (χ1v) is 6.39. The second kappa shape index (κ2) is 4.51. The molecule has 0 saturated heterocycles. The number of anilines is 2. The van der Waals surface area contributed by atoms with Gasteiger partial charge >= 0.3 is 0 Å². The second-order valence-corrected chi connectivity index (χ2v) is 5.34. The van der Waals surface area contributed by atoms with Crippen molar-refractivity contribution in [3.8, 4) is 0 Å². The lowest BCUT2D eigenvalue weighted by atomic mass is 9.99. The summed E-state index contributed by atoms with van der Waals surface area (Å²) in [6, 6.07) is 1.99. The normalized spacial score (nSPS) is 15.8. The molecule has 0 atom stereocenters. The maximum atomic E-state index is 4.45. The van der Waals surface area contributed by atoms with E-state index in [1.165, 1.54) is 12.8 Å². The summed E-state index contributed by atoms with van der Waals surface area (Å²) in [6.07, 6.45) is 2.65. The number of aromatic nitrogens is 2. The minimum absolute atomic E-state index is 0.129. The van der Waals surface area contributed by atoms with Crippen LogP contribution in [0.4, 0.5) is 11.6 Å².